The Bertz CT molecular complexity index is 185. The van der Waals surface area contributed by atoms with E-state index in [4.69, 9.17) is 10.5 Å². The molecule has 1 rings (SSSR count). The van der Waals surface area contributed by atoms with Crippen molar-refractivity contribution < 1.29 is 4.74 Å². The second-order valence-corrected chi connectivity index (χ2v) is 5.47. The van der Waals surface area contributed by atoms with Gasteiger partial charge in [0.1, 0.15) is 0 Å². The van der Waals surface area contributed by atoms with E-state index < -0.39 is 0 Å². The van der Waals surface area contributed by atoms with Crippen LogP contribution in [-0.2, 0) is 4.74 Å². The topological polar surface area (TPSA) is 47.3 Å². The molecule has 2 unspecified atom stereocenters. The smallest absolute Gasteiger partial charge is 0.0518 e. The standard InChI is InChI=1S/C14H30N2O/c1-12(2)17-10-6-5-9-16-14-8-4-3-7-13(14)11-15/h12-14,16H,3-11,15H2,1-2H3. The number of unbranched alkanes of at least 4 members (excludes halogenated alkanes) is 1. The molecule has 1 saturated carbocycles. The van der Waals surface area contributed by atoms with Crippen LogP contribution in [0.15, 0.2) is 0 Å². The molecule has 0 heterocycles. The number of rotatable bonds is 8. The summed E-state index contributed by atoms with van der Waals surface area (Å²) in [6, 6.07) is 0.666. The molecular weight excluding hydrogens is 212 g/mol. The van der Waals surface area contributed by atoms with Crippen molar-refractivity contribution in [2.75, 3.05) is 19.7 Å². The highest BCUT2D eigenvalue weighted by molar-refractivity contribution is 4.81. The first-order chi connectivity index (χ1) is 8.24. The summed E-state index contributed by atoms with van der Waals surface area (Å²) < 4.78 is 5.53. The van der Waals surface area contributed by atoms with Gasteiger partial charge in [-0.15, -0.1) is 0 Å². The Kier molecular flexibility index (Phi) is 7.82. The molecule has 0 aromatic rings. The fourth-order valence-electron chi connectivity index (χ4n) is 2.59. The lowest BCUT2D eigenvalue weighted by Crippen LogP contribution is -2.42. The Morgan fingerprint density at radius 1 is 1.24 bits per heavy atom. The Hall–Kier alpha value is -0.120. The van der Waals surface area contributed by atoms with E-state index in [9.17, 15) is 0 Å². The van der Waals surface area contributed by atoms with Crippen LogP contribution >= 0.6 is 0 Å². The zero-order chi connectivity index (χ0) is 12.5. The molecule has 0 radical (unpaired) electrons. The van der Waals surface area contributed by atoms with E-state index in [1.54, 1.807) is 0 Å². The van der Waals surface area contributed by atoms with Gasteiger partial charge in [0.25, 0.3) is 0 Å². The number of hydrogen-bond acceptors (Lipinski definition) is 3. The van der Waals surface area contributed by atoms with Gasteiger partial charge in [-0.3, -0.25) is 0 Å². The fourth-order valence-corrected chi connectivity index (χ4v) is 2.59. The summed E-state index contributed by atoms with van der Waals surface area (Å²) in [4.78, 5) is 0. The molecule has 1 fully saturated rings. The number of nitrogens with two attached hydrogens (primary N) is 1. The van der Waals surface area contributed by atoms with E-state index in [1.165, 1.54) is 32.1 Å². The lowest BCUT2D eigenvalue weighted by atomic mass is 9.84. The van der Waals surface area contributed by atoms with E-state index >= 15 is 0 Å². The molecule has 3 nitrogen and oxygen atoms in total. The van der Waals surface area contributed by atoms with Crippen LogP contribution in [-0.4, -0.2) is 31.8 Å². The second-order valence-electron chi connectivity index (χ2n) is 5.47. The molecule has 3 N–H and O–H groups in total. The monoisotopic (exact) mass is 242 g/mol. The van der Waals surface area contributed by atoms with E-state index in [2.05, 4.69) is 19.2 Å². The highest BCUT2D eigenvalue weighted by atomic mass is 16.5. The first kappa shape index (κ1) is 14.9. The number of nitrogens with one attached hydrogen (secondary N) is 1. The Morgan fingerprint density at radius 2 is 2.00 bits per heavy atom. The SMILES string of the molecule is CC(C)OCCCCNC1CCCCC1CN. The minimum Gasteiger partial charge on any atom is -0.379 e. The van der Waals surface area contributed by atoms with Gasteiger partial charge in [-0.05, 0) is 58.5 Å². The van der Waals surface area contributed by atoms with Crippen LogP contribution in [0.1, 0.15) is 52.4 Å². The molecule has 17 heavy (non-hydrogen) atoms. The average Bonchev–Trinajstić information content (AvgIpc) is 2.33. The first-order valence-corrected chi connectivity index (χ1v) is 7.29. The molecular formula is C14H30N2O. The third-order valence-corrected chi connectivity index (χ3v) is 3.64. The quantitative estimate of drug-likeness (QED) is 0.642. The van der Waals surface area contributed by atoms with Crippen molar-refractivity contribution in [3.8, 4) is 0 Å². The molecule has 2 atom stereocenters. The summed E-state index contributed by atoms with van der Waals surface area (Å²) in [5.74, 6) is 0.704. The van der Waals surface area contributed by atoms with Crippen LogP contribution in [0, 0.1) is 5.92 Å². The Balaban J connectivity index is 2.01. The Labute approximate surface area is 106 Å². The summed E-state index contributed by atoms with van der Waals surface area (Å²) in [7, 11) is 0. The van der Waals surface area contributed by atoms with Crippen LogP contribution < -0.4 is 11.1 Å². The summed E-state index contributed by atoms with van der Waals surface area (Å²) in [6.45, 7) is 7.03. The van der Waals surface area contributed by atoms with Gasteiger partial charge in [0.05, 0.1) is 6.10 Å². The molecule has 1 aliphatic carbocycles. The van der Waals surface area contributed by atoms with Gasteiger partial charge in [0.15, 0.2) is 0 Å². The maximum absolute atomic E-state index is 5.82. The van der Waals surface area contributed by atoms with Gasteiger partial charge < -0.3 is 15.8 Å². The normalized spacial score (nSPS) is 25.4. The number of hydrogen-bond donors (Lipinski definition) is 2. The van der Waals surface area contributed by atoms with Crippen molar-refractivity contribution in [3.63, 3.8) is 0 Å². The third kappa shape index (κ3) is 6.39. The Morgan fingerprint density at radius 3 is 2.71 bits per heavy atom. The average molecular weight is 242 g/mol. The summed E-state index contributed by atoms with van der Waals surface area (Å²) >= 11 is 0. The van der Waals surface area contributed by atoms with Gasteiger partial charge in [-0.25, -0.2) is 0 Å². The van der Waals surface area contributed by atoms with E-state index in [0.29, 0.717) is 18.1 Å². The highest BCUT2D eigenvalue weighted by Gasteiger charge is 2.22. The van der Waals surface area contributed by atoms with Crippen molar-refractivity contribution in [2.24, 2.45) is 11.7 Å². The van der Waals surface area contributed by atoms with Crippen LogP contribution in [0.25, 0.3) is 0 Å². The summed E-state index contributed by atoms with van der Waals surface area (Å²) in [5, 5.41) is 3.68. The largest absolute Gasteiger partial charge is 0.379 e. The molecule has 102 valence electrons. The van der Waals surface area contributed by atoms with Crippen LogP contribution in [0.2, 0.25) is 0 Å². The summed E-state index contributed by atoms with van der Waals surface area (Å²) in [5.41, 5.74) is 5.82. The van der Waals surface area contributed by atoms with Crippen molar-refractivity contribution in [1.82, 2.24) is 5.32 Å². The molecule has 0 aliphatic heterocycles. The van der Waals surface area contributed by atoms with Gasteiger partial charge >= 0.3 is 0 Å². The van der Waals surface area contributed by atoms with Crippen molar-refractivity contribution >= 4 is 0 Å². The molecule has 1 aliphatic rings. The minimum absolute atomic E-state index is 0.364. The fraction of sp³-hybridized carbons (Fsp3) is 1.00. The first-order valence-electron chi connectivity index (χ1n) is 7.29. The molecule has 3 heteroatoms. The lowest BCUT2D eigenvalue weighted by Gasteiger charge is -2.31. The summed E-state index contributed by atoms with van der Waals surface area (Å²) in [6.07, 6.45) is 8.08. The van der Waals surface area contributed by atoms with Gasteiger partial charge in [-0.2, -0.15) is 0 Å². The molecule has 0 spiro atoms. The van der Waals surface area contributed by atoms with Gasteiger partial charge in [-0.1, -0.05) is 12.8 Å². The van der Waals surface area contributed by atoms with E-state index in [1.807, 2.05) is 0 Å². The molecule has 0 bridgehead atoms. The molecule has 0 aromatic carbocycles. The lowest BCUT2D eigenvalue weighted by molar-refractivity contribution is 0.0757. The van der Waals surface area contributed by atoms with E-state index in [-0.39, 0.29) is 0 Å². The predicted octanol–water partition coefficient (Wildman–Crippen LogP) is 2.30. The maximum Gasteiger partial charge on any atom is 0.0518 e. The van der Waals surface area contributed by atoms with Crippen molar-refractivity contribution in [1.29, 1.82) is 0 Å². The molecule has 0 saturated heterocycles. The van der Waals surface area contributed by atoms with Crippen LogP contribution in [0.5, 0.6) is 0 Å². The highest BCUT2D eigenvalue weighted by Crippen LogP contribution is 2.23. The van der Waals surface area contributed by atoms with Gasteiger partial charge in [0, 0.05) is 12.6 Å². The van der Waals surface area contributed by atoms with Crippen LogP contribution in [0.3, 0.4) is 0 Å². The molecule has 0 amide bonds. The third-order valence-electron chi connectivity index (χ3n) is 3.64. The molecule has 0 aromatic heterocycles. The van der Waals surface area contributed by atoms with Crippen LogP contribution in [0.4, 0.5) is 0 Å². The van der Waals surface area contributed by atoms with Crippen molar-refractivity contribution in [2.45, 2.75) is 64.5 Å². The zero-order valence-corrected chi connectivity index (χ0v) is 11.6. The zero-order valence-electron chi connectivity index (χ0n) is 11.6. The van der Waals surface area contributed by atoms with Crippen molar-refractivity contribution in [3.05, 3.63) is 0 Å². The predicted molar refractivity (Wildman–Crippen MR) is 73.1 cm³/mol. The maximum atomic E-state index is 5.82. The number of ether oxygens (including phenoxy) is 1. The minimum atomic E-state index is 0.364. The van der Waals surface area contributed by atoms with Gasteiger partial charge in [0.2, 0.25) is 0 Å². The second kappa shape index (κ2) is 8.90. The van der Waals surface area contributed by atoms with E-state index in [0.717, 1.165) is 26.1 Å².